The van der Waals surface area contributed by atoms with Gasteiger partial charge in [0.15, 0.2) is 0 Å². The van der Waals surface area contributed by atoms with E-state index in [0.717, 1.165) is 59.8 Å². The number of nitrogens with one attached hydrogen (secondary N) is 2. The zero-order valence-corrected chi connectivity index (χ0v) is 22.6. The summed E-state index contributed by atoms with van der Waals surface area (Å²) in [5, 5.41) is 27.5. The van der Waals surface area contributed by atoms with Crippen LogP contribution in [-0.4, -0.2) is 78.4 Å². The van der Waals surface area contributed by atoms with Gasteiger partial charge in [-0.25, -0.2) is 0 Å². The molecule has 4 heterocycles. The first-order valence-corrected chi connectivity index (χ1v) is 13.2. The Morgan fingerprint density at radius 3 is 2.66 bits per heavy atom. The second-order valence-corrected chi connectivity index (χ2v) is 10.5. The number of amidine groups is 1. The molecule has 0 spiro atoms. The SMILES string of the molecule is CC(=O)N1CCC(NC2CCOCC2)=C(C(=N)N2C[C@H](C)N(C)c3cc(-c4cnn(C)c4)c(C#N)cc32)C1. The van der Waals surface area contributed by atoms with Gasteiger partial charge < -0.3 is 24.8 Å². The summed E-state index contributed by atoms with van der Waals surface area (Å²) in [6, 6.07) is 6.74. The van der Waals surface area contributed by atoms with Crippen LogP contribution in [0.5, 0.6) is 0 Å². The number of ether oxygens (including phenoxy) is 1. The van der Waals surface area contributed by atoms with Crippen LogP contribution in [0.1, 0.15) is 38.7 Å². The molecule has 2 aromatic rings. The summed E-state index contributed by atoms with van der Waals surface area (Å²) in [6.45, 7) is 6.84. The number of hydrogen-bond donors (Lipinski definition) is 2. The lowest BCUT2D eigenvalue weighted by molar-refractivity contribution is -0.128. The summed E-state index contributed by atoms with van der Waals surface area (Å²) >= 11 is 0. The van der Waals surface area contributed by atoms with Crippen molar-refractivity contribution < 1.29 is 9.53 Å². The average molecular weight is 517 g/mol. The van der Waals surface area contributed by atoms with Crippen LogP contribution in [0.3, 0.4) is 0 Å². The van der Waals surface area contributed by atoms with E-state index in [1.165, 1.54) is 0 Å². The van der Waals surface area contributed by atoms with Crippen molar-refractivity contribution in [1.82, 2.24) is 20.0 Å². The topological polar surface area (TPSA) is 114 Å². The fourth-order valence-corrected chi connectivity index (χ4v) is 5.56. The van der Waals surface area contributed by atoms with Gasteiger partial charge in [-0.1, -0.05) is 0 Å². The Balaban J connectivity index is 1.56. The van der Waals surface area contributed by atoms with E-state index < -0.39 is 0 Å². The average Bonchev–Trinajstić information content (AvgIpc) is 3.36. The monoisotopic (exact) mass is 516 g/mol. The van der Waals surface area contributed by atoms with Gasteiger partial charge in [-0.05, 0) is 31.9 Å². The summed E-state index contributed by atoms with van der Waals surface area (Å²) in [7, 11) is 3.92. The number of rotatable bonds is 4. The van der Waals surface area contributed by atoms with Gasteiger partial charge in [-0.2, -0.15) is 10.4 Å². The Bertz CT molecular complexity index is 1320. The van der Waals surface area contributed by atoms with Gasteiger partial charge in [-0.15, -0.1) is 0 Å². The lowest BCUT2D eigenvalue weighted by Crippen LogP contribution is -2.51. The number of nitriles is 1. The first kappa shape index (κ1) is 25.8. The third kappa shape index (κ3) is 4.86. The molecule has 1 aromatic carbocycles. The highest BCUT2D eigenvalue weighted by Crippen LogP contribution is 2.41. The van der Waals surface area contributed by atoms with Crippen molar-refractivity contribution in [2.45, 2.75) is 45.2 Å². The number of nitrogens with zero attached hydrogens (tertiary/aromatic N) is 6. The van der Waals surface area contributed by atoms with Crippen molar-refractivity contribution >= 4 is 23.1 Å². The summed E-state index contributed by atoms with van der Waals surface area (Å²) in [6.07, 6.45) is 6.22. The zero-order valence-electron chi connectivity index (χ0n) is 22.6. The molecule has 3 aliphatic heterocycles. The number of benzene rings is 1. The van der Waals surface area contributed by atoms with Crippen molar-refractivity contribution in [3.8, 4) is 17.2 Å². The minimum Gasteiger partial charge on any atom is -0.385 e. The third-order valence-electron chi connectivity index (χ3n) is 7.98. The number of hydrogen-bond acceptors (Lipinski definition) is 7. The fourth-order valence-electron chi connectivity index (χ4n) is 5.56. The smallest absolute Gasteiger partial charge is 0.219 e. The van der Waals surface area contributed by atoms with Gasteiger partial charge in [0.25, 0.3) is 0 Å². The molecule has 0 saturated carbocycles. The molecular weight excluding hydrogens is 480 g/mol. The zero-order chi connectivity index (χ0) is 27.0. The predicted molar refractivity (Wildman–Crippen MR) is 147 cm³/mol. The number of aromatic nitrogens is 2. The first-order chi connectivity index (χ1) is 18.3. The van der Waals surface area contributed by atoms with Crippen molar-refractivity contribution in [3.05, 3.63) is 41.4 Å². The minimum absolute atomic E-state index is 0.0143. The third-order valence-corrected chi connectivity index (χ3v) is 7.98. The standard InChI is InChI=1S/C28H36N8O2/c1-18-15-36(27-11-20(13-29)23(12-26(27)34(18)4)21-14-31-33(3)16-21)28(30)24-17-35(19(2)37)8-5-25(24)32-22-6-9-38-10-7-22/h11-12,14,16,18,22,30,32H,5-10,15,17H2,1-4H3/t18-/m0/s1. The maximum atomic E-state index is 12.3. The van der Waals surface area contributed by atoms with Crippen molar-refractivity contribution in [3.63, 3.8) is 0 Å². The molecule has 10 heteroatoms. The highest BCUT2D eigenvalue weighted by molar-refractivity contribution is 6.11. The van der Waals surface area contributed by atoms with Gasteiger partial charge in [0.05, 0.1) is 35.7 Å². The van der Waals surface area contributed by atoms with E-state index in [1.54, 1.807) is 17.8 Å². The maximum Gasteiger partial charge on any atom is 0.219 e. The molecule has 5 rings (SSSR count). The van der Waals surface area contributed by atoms with Crippen LogP contribution >= 0.6 is 0 Å². The van der Waals surface area contributed by atoms with Gasteiger partial charge >= 0.3 is 0 Å². The van der Waals surface area contributed by atoms with Crippen LogP contribution in [0, 0.1) is 16.7 Å². The van der Waals surface area contributed by atoms with E-state index in [4.69, 9.17) is 4.74 Å². The molecule has 0 bridgehead atoms. The minimum atomic E-state index is 0.0143. The molecule has 1 fully saturated rings. The molecule has 1 atom stereocenters. The van der Waals surface area contributed by atoms with Crippen LogP contribution in [0.25, 0.3) is 11.1 Å². The summed E-state index contributed by atoms with van der Waals surface area (Å²) in [5.74, 6) is 0.394. The van der Waals surface area contributed by atoms with Crippen molar-refractivity contribution in [2.24, 2.45) is 7.05 Å². The number of carbonyl (C=O) groups is 1. The number of aryl methyl sites for hydroxylation is 1. The second kappa shape index (κ2) is 10.5. The van der Waals surface area contributed by atoms with E-state index in [1.807, 2.05) is 35.2 Å². The maximum absolute atomic E-state index is 12.3. The van der Waals surface area contributed by atoms with Crippen LogP contribution < -0.4 is 15.1 Å². The number of fused-ring (bicyclic) bond motifs is 1. The largest absolute Gasteiger partial charge is 0.385 e. The number of carbonyl (C=O) groups excluding carboxylic acids is 1. The first-order valence-electron chi connectivity index (χ1n) is 13.2. The van der Waals surface area contributed by atoms with Gasteiger partial charge in [0.1, 0.15) is 5.84 Å². The molecule has 0 unspecified atom stereocenters. The van der Waals surface area contributed by atoms with E-state index in [0.29, 0.717) is 43.5 Å². The van der Waals surface area contributed by atoms with E-state index >= 15 is 0 Å². The lowest BCUT2D eigenvalue weighted by atomic mass is 9.96. The Hall–Kier alpha value is -3.84. The van der Waals surface area contributed by atoms with Crippen molar-refractivity contribution in [1.29, 1.82) is 10.7 Å². The molecule has 0 aliphatic carbocycles. The van der Waals surface area contributed by atoms with Crippen molar-refractivity contribution in [2.75, 3.05) is 49.7 Å². The Morgan fingerprint density at radius 2 is 2.00 bits per heavy atom. The molecule has 200 valence electrons. The molecule has 3 aliphatic rings. The summed E-state index contributed by atoms with van der Waals surface area (Å²) < 4.78 is 7.27. The molecule has 1 saturated heterocycles. The van der Waals surface area contributed by atoms with E-state index in [9.17, 15) is 15.5 Å². The Morgan fingerprint density at radius 1 is 1.24 bits per heavy atom. The Labute approximate surface area is 224 Å². The molecule has 2 N–H and O–H groups in total. The quantitative estimate of drug-likeness (QED) is 0.475. The molecular formula is C28H36N8O2. The second-order valence-electron chi connectivity index (χ2n) is 10.5. The van der Waals surface area contributed by atoms with Crippen LogP contribution in [-0.2, 0) is 16.6 Å². The normalized spacial score (nSPS) is 20.3. The lowest BCUT2D eigenvalue weighted by Gasteiger charge is -2.43. The van der Waals surface area contributed by atoms with Crippen LogP contribution in [0.2, 0.25) is 0 Å². The van der Waals surface area contributed by atoms with E-state index in [2.05, 4.69) is 35.4 Å². The highest BCUT2D eigenvalue weighted by Gasteiger charge is 2.34. The van der Waals surface area contributed by atoms with E-state index in [-0.39, 0.29) is 11.9 Å². The number of amides is 1. The molecule has 0 radical (unpaired) electrons. The Kier molecular flexibility index (Phi) is 7.13. The van der Waals surface area contributed by atoms with Crippen LogP contribution in [0.15, 0.2) is 35.8 Å². The van der Waals surface area contributed by atoms with Crippen LogP contribution in [0.4, 0.5) is 11.4 Å². The van der Waals surface area contributed by atoms with Gasteiger partial charge in [0.2, 0.25) is 5.91 Å². The fraction of sp³-hybridized carbons (Fsp3) is 0.500. The molecule has 1 amide bonds. The molecule has 10 nitrogen and oxygen atoms in total. The summed E-state index contributed by atoms with van der Waals surface area (Å²) in [4.78, 5) is 18.4. The highest BCUT2D eigenvalue weighted by atomic mass is 16.5. The molecule has 1 aromatic heterocycles. The van der Waals surface area contributed by atoms with Gasteiger partial charge in [0, 0.05) is 94.4 Å². The van der Waals surface area contributed by atoms with Gasteiger partial charge in [-0.3, -0.25) is 14.9 Å². The predicted octanol–water partition coefficient (Wildman–Crippen LogP) is 2.86. The number of likely N-dealkylation sites (N-methyl/N-ethyl adjacent to an activating group) is 1. The molecule has 38 heavy (non-hydrogen) atoms. The summed E-state index contributed by atoms with van der Waals surface area (Å²) in [5.41, 5.74) is 5.93. The number of anilines is 2.